The number of hydrazone groups is 1. The van der Waals surface area contributed by atoms with Gasteiger partial charge >= 0.3 is 0 Å². The molecule has 0 unspecified atom stereocenters. The second-order valence-corrected chi connectivity index (χ2v) is 6.54. The van der Waals surface area contributed by atoms with Crippen LogP contribution in [0.5, 0.6) is 17.2 Å². The van der Waals surface area contributed by atoms with Crippen molar-refractivity contribution in [3.05, 3.63) is 52.0 Å². The topological polar surface area (TPSA) is 69.2 Å². The molecule has 0 spiro atoms. The normalized spacial score (nSPS) is 12.4. The van der Waals surface area contributed by atoms with Gasteiger partial charge in [-0.15, -0.1) is 6.42 Å². The number of rotatable bonds is 6. The highest BCUT2D eigenvalue weighted by Gasteiger charge is 2.13. The van der Waals surface area contributed by atoms with Crippen molar-refractivity contribution >= 4 is 28.1 Å². The van der Waals surface area contributed by atoms with E-state index in [0.717, 1.165) is 10.0 Å². The summed E-state index contributed by atoms with van der Waals surface area (Å²) in [7, 11) is 0. The molecule has 7 heteroatoms. The van der Waals surface area contributed by atoms with E-state index in [9.17, 15) is 4.79 Å². The van der Waals surface area contributed by atoms with E-state index in [1.54, 1.807) is 18.2 Å². The number of nitrogens with one attached hydrogen (secondary N) is 1. The van der Waals surface area contributed by atoms with Gasteiger partial charge in [0.2, 0.25) is 5.91 Å². The standard InChI is InChI=1S/C20H17BrN2O4/c1-2-7-25-17-6-4-16(21)12-15(17)13-22-23-20(24)11-14-3-5-18-19(10-14)27-9-8-26-18/h1,3-6,10,12-13H,7-9,11H2,(H,23,24). The van der Waals surface area contributed by atoms with Crippen molar-refractivity contribution in [1.82, 2.24) is 5.43 Å². The van der Waals surface area contributed by atoms with Crippen molar-refractivity contribution in [2.45, 2.75) is 6.42 Å². The van der Waals surface area contributed by atoms with E-state index < -0.39 is 0 Å². The number of nitrogens with zero attached hydrogens (tertiary/aromatic N) is 1. The Morgan fingerprint density at radius 1 is 1.26 bits per heavy atom. The Balaban J connectivity index is 1.61. The van der Waals surface area contributed by atoms with Crippen molar-refractivity contribution in [3.8, 4) is 29.6 Å². The van der Waals surface area contributed by atoms with Crippen molar-refractivity contribution in [1.29, 1.82) is 0 Å². The first-order valence-corrected chi connectivity index (χ1v) is 9.01. The molecule has 0 saturated heterocycles. The predicted octanol–water partition coefficient (Wildman–Crippen LogP) is 2.93. The van der Waals surface area contributed by atoms with Gasteiger partial charge in [0.15, 0.2) is 11.5 Å². The molecule has 0 atom stereocenters. The zero-order valence-electron chi connectivity index (χ0n) is 14.4. The van der Waals surface area contributed by atoms with Gasteiger partial charge in [-0.1, -0.05) is 27.9 Å². The summed E-state index contributed by atoms with van der Waals surface area (Å²) in [6, 6.07) is 10.9. The number of hydrogen-bond donors (Lipinski definition) is 1. The summed E-state index contributed by atoms with van der Waals surface area (Å²) in [5, 5.41) is 4.00. The second kappa shape index (κ2) is 9.10. The number of carbonyl (C=O) groups excluding carboxylic acids is 1. The first kappa shape index (κ1) is 18.8. The molecule has 3 rings (SSSR count). The molecule has 1 aliphatic rings. The number of fused-ring (bicyclic) bond motifs is 1. The molecule has 2 aromatic rings. The molecular formula is C20H17BrN2O4. The summed E-state index contributed by atoms with van der Waals surface area (Å²) in [5.41, 5.74) is 4.02. The largest absolute Gasteiger partial charge is 0.486 e. The van der Waals surface area contributed by atoms with E-state index in [1.165, 1.54) is 6.21 Å². The summed E-state index contributed by atoms with van der Waals surface area (Å²) in [4.78, 5) is 12.1. The minimum absolute atomic E-state index is 0.152. The summed E-state index contributed by atoms with van der Waals surface area (Å²) in [6.45, 7) is 1.19. The fourth-order valence-electron chi connectivity index (χ4n) is 2.47. The fraction of sp³-hybridized carbons (Fsp3) is 0.200. The Labute approximate surface area is 165 Å². The number of hydrogen-bond acceptors (Lipinski definition) is 5. The van der Waals surface area contributed by atoms with E-state index in [1.807, 2.05) is 18.2 Å². The van der Waals surface area contributed by atoms with Crippen LogP contribution in [-0.4, -0.2) is 31.9 Å². The van der Waals surface area contributed by atoms with Crippen LogP contribution in [0.2, 0.25) is 0 Å². The van der Waals surface area contributed by atoms with Crippen LogP contribution in [0.1, 0.15) is 11.1 Å². The number of ether oxygens (including phenoxy) is 3. The maximum atomic E-state index is 12.1. The van der Waals surface area contributed by atoms with Crippen LogP contribution in [0.15, 0.2) is 46.0 Å². The van der Waals surface area contributed by atoms with Gasteiger partial charge in [-0.3, -0.25) is 4.79 Å². The Hall–Kier alpha value is -2.98. The molecule has 0 fully saturated rings. The highest BCUT2D eigenvalue weighted by molar-refractivity contribution is 9.10. The maximum absolute atomic E-state index is 12.1. The SMILES string of the molecule is C#CCOc1ccc(Br)cc1C=NNC(=O)Cc1ccc2c(c1)OCCO2. The number of amides is 1. The smallest absolute Gasteiger partial charge is 0.244 e. The van der Waals surface area contributed by atoms with Crippen LogP contribution in [0, 0.1) is 12.3 Å². The maximum Gasteiger partial charge on any atom is 0.244 e. The molecule has 1 N–H and O–H groups in total. The first-order chi connectivity index (χ1) is 13.2. The van der Waals surface area contributed by atoms with E-state index in [4.69, 9.17) is 20.6 Å². The highest BCUT2D eigenvalue weighted by Crippen LogP contribution is 2.30. The van der Waals surface area contributed by atoms with Gasteiger partial charge < -0.3 is 14.2 Å². The van der Waals surface area contributed by atoms with Crippen molar-refractivity contribution in [2.24, 2.45) is 5.10 Å². The summed E-state index contributed by atoms with van der Waals surface area (Å²) >= 11 is 3.39. The number of halogens is 1. The molecule has 27 heavy (non-hydrogen) atoms. The lowest BCUT2D eigenvalue weighted by Gasteiger charge is -2.18. The zero-order valence-corrected chi connectivity index (χ0v) is 16.0. The van der Waals surface area contributed by atoms with Crippen molar-refractivity contribution in [3.63, 3.8) is 0 Å². The molecule has 1 amide bonds. The minimum atomic E-state index is -0.246. The van der Waals surface area contributed by atoms with Crippen molar-refractivity contribution < 1.29 is 19.0 Å². The number of terminal acetylenes is 1. The molecule has 6 nitrogen and oxygen atoms in total. The second-order valence-electron chi connectivity index (χ2n) is 5.62. The van der Waals surface area contributed by atoms with Crippen LogP contribution in [0.25, 0.3) is 0 Å². The third kappa shape index (κ3) is 5.25. The average molecular weight is 429 g/mol. The van der Waals surface area contributed by atoms with E-state index >= 15 is 0 Å². The van der Waals surface area contributed by atoms with Crippen LogP contribution in [-0.2, 0) is 11.2 Å². The lowest BCUT2D eigenvalue weighted by Crippen LogP contribution is -2.20. The van der Waals surface area contributed by atoms with Gasteiger partial charge in [-0.05, 0) is 35.9 Å². The van der Waals surface area contributed by atoms with Gasteiger partial charge in [-0.2, -0.15) is 5.10 Å². The molecule has 0 aliphatic carbocycles. The van der Waals surface area contributed by atoms with Crippen molar-refractivity contribution in [2.75, 3.05) is 19.8 Å². The third-order valence-electron chi connectivity index (χ3n) is 3.65. The fourth-order valence-corrected chi connectivity index (χ4v) is 2.85. The third-order valence-corrected chi connectivity index (χ3v) is 4.14. The average Bonchev–Trinajstić information content (AvgIpc) is 2.67. The first-order valence-electron chi connectivity index (χ1n) is 8.22. The van der Waals surface area contributed by atoms with Gasteiger partial charge in [-0.25, -0.2) is 5.43 Å². The minimum Gasteiger partial charge on any atom is -0.486 e. The summed E-state index contributed by atoms with van der Waals surface area (Å²) in [5.74, 6) is 4.10. The molecule has 0 saturated carbocycles. The number of carbonyl (C=O) groups is 1. The lowest BCUT2D eigenvalue weighted by molar-refractivity contribution is -0.120. The van der Waals surface area contributed by atoms with Gasteiger partial charge in [0.1, 0.15) is 25.6 Å². The Morgan fingerprint density at radius 3 is 2.89 bits per heavy atom. The zero-order chi connectivity index (χ0) is 19.1. The Morgan fingerprint density at radius 2 is 2.07 bits per heavy atom. The monoisotopic (exact) mass is 428 g/mol. The lowest BCUT2D eigenvalue weighted by atomic mass is 10.1. The van der Waals surface area contributed by atoms with E-state index in [-0.39, 0.29) is 18.9 Å². The summed E-state index contributed by atoms with van der Waals surface area (Å²) < 4.78 is 17.3. The predicted molar refractivity (Wildman–Crippen MR) is 105 cm³/mol. The molecule has 0 radical (unpaired) electrons. The Kier molecular flexibility index (Phi) is 6.34. The molecule has 0 aromatic heterocycles. The summed E-state index contributed by atoms with van der Waals surface area (Å²) in [6.07, 6.45) is 6.91. The van der Waals surface area contributed by atoms with Gasteiger partial charge in [0.05, 0.1) is 12.6 Å². The van der Waals surface area contributed by atoms with Crippen LogP contribution in [0.4, 0.5) is 0 Å². The molecule has 1 aliphatic heterocycles. The van der Waals surface area contributed by atoms with E-state index in [2.05, 4.69) is 32.4 Å². The van der Waals surface area contributed by atoms with E-state index in [0.29, 0.717) is 36.0 Å². The van der Waals surface area contributed by atoms with Crippen LogP contribution in [0.3, 0.4) is 0 Å². The quantitative estimate of drug-likeness (QED) is 0.436. The molecule has 1 heterocycles. The van der Waals surface area contributed by atoms with Gasteiger partial charge in [0.25, 0.3) is 0 Å². The van der Waals surface area contributed by atoms with Crippen LogP contribution >= 0.6 is 15.9 Å². The number of benzene rings is 2. The molecule has 0 bridgehead atoms. The Bertz CT molecular complexity index is 905. The molecule has 2 aromatic carbocycles. The van der Waals surface area contributed by atoms with Gasteiger partial charge in [0, 0.05) is 10.0 Å². The van der Waals surface area contributed by atoms with Crippen LogP contribution < -0.4 is 19.6 Å². The molecular weight excluding hydrogens is 412 g/mol. The molecule has 138 valence electrons. The highest BCUT2D eigenvalue weighted by atomic mass is 79.9.